The Balaban J connectivity index is 1.46. The van der Waals surface area contributed by atoms with Crippen molar-refractivity contribution in [2.45, 2.75) is 6.92 Å². The maximum absolute atomic E-state index is 12.1. The van der Waals surface area contributed by atoms with Gasteiger partial charge in [-0.1, -0.05) is 5.16 Å². The van der Waals surface area contributed by atoms with E-state index in [1.807, 2.05) is 0 Å². The molecule has 2 N–H and O–H groups in total. The molecule has 0 radical (unpaired) electrons. The highest BCUT2D eigenvalue weighted by Gasteiger charge is 2.12. The number of aryl methyl sites for hydroxylation is 1. The molecule has 3 heterocycles. The first-order chi connectivity index (χ1) is 11.7. The molecule has 0 atom stereocenters. The van der Waals surface area contributed by atoms with Gasteiger partial charge in [0.05, 0.1) is 13.2 Å². The Morgan fingerprint density at radius 2 is 2.08 bits per heavy atom. The summed E-state index contributed by atoms with van der Waals surface area (Å²) in [7, 11) is 0. The van der Waals surface area contributed by atoms with Crippen LogP contribution in [0.4, 0.5) is 11.6 Å². The van der Waals surface area contributed by atoms with Crippen LogP contribution in [-0.2, 0) is 4.74 Å². The SMILES string of the molecule is Cc1cc(Nc2ccc(C(=O)NCCN3CCOCC3)nn2)no1. The normalized spacial score (nSPS) is 15.2. The average Bonchev–Trinajstić information content (AvgIpc) is 3.01. The van der Waals surface area contributed by atoms with E-state index in [-0.39, 0.29) is 11.6 Å². The van der Waals surface area contributed by atoms with E-state index in [2.05, 4.69) is 30.9 Å². The van der Waals surface area contributed by atoms with Crippen LogP contribution < -0.4 is 10.6 Å². The molecule has 9 nitrogen and oxygen atoms in total. The Hall–Kier alpha value is -2.52. The van der Waals surface area contributed by atoms with Gasteiger partial charge in [0.2, 0.25) is 0 Å². The largest absolute Gasteiger partial charge is 0.379 e. The fourth-order valence-corrected chi connectivity index (χ4v) is 2.32. The lowest BCUT2D eigenvalue weighted by Gasteiger charge is -2.26. The Morgan fingerprint density at radius 1 is 1.25 bits per heavy atom. The topological polar surface area (TPSA) is 105 Å². The smallest absolute Gasteiger partial charge is 0.271 e. The highest BCUT2D eigenvalue weighted by molar-refractivity contribution is 5.92. The van der Waals surface area contributed by atoms with Gasteiger partial charge in [0.25, 0.3) is 5.91 Å². The van der Waals surface area contributed by atoms with Crippen molar-refractivity contribution in [1.29, 1.82) is 0 Å². The number of aromatic nitrogens is 3. The van der Waals surface area contributed by atoms with Gasteiger partial charge in [-0.2, -0.15) is 0 Å². The van der Waals surface area contributed by atoms with Crippen molar-refractivity contribution in [3.63, 3.8) is 0 Å². The van der Waals surface area contributed by atoms with Crippen molar-refractivity contribution in [3.8, 4) is 0 Å². The molecular weight excluding hydrogens is 312 g/mol. The molecule has 0 saturated carbocycles. The summed E-state index contributed by atoms with van der Waals surface area (Å²) in [4.78, 5) is 14.3. The first-order valence-electron chi connectivity index (χ1n) is 7.83. The average molecular weight is 332 g/mol. The predicted octanol–water partition coefficient (Wildman–Crippen LogP) is 0.579. The fourth-order valence-electron chi connectivity index (χ4n) is 2.32. The molecule has 2 aromatic heterocycles. The lowest BCUT2D eigenvalue weighted by molar-refractivity contribution is 0.0383. The lowest BCUT2D eigenvalue weighted by atomic mass is 10.3. The van der Waals surface area contributed by atoms with Gasteiger partial charge in [0.1, 0.15) is 5.76 Å². The van der Waals surface area contributed by atoms with E-state index >= 15 is 0 Å². The molecule has 24 heavy (non-hydrogen) atoms. The van der Waals surface area contributed by atoms with Gasteiger partial charge in [-0.05, 0) is 19.1 Å². The van der Waals surface area contributed by atoms with Crippen molar-refractivity contribution in [1.82, 2.24) is 25.6 Å². The third-order valence-electron chi connectivity index (χ3n) is 3.60. The molecule has 1 fully saturated rings. The van der Waals surface area contributed by atoms with E-state index in [1.165, 1.54) is 0 Å². The number of anilines is 2. The van der Waals surface area contributed by atoms with Crippen LogP contribution in [0, 0.1) is 6.92 Å². The first kappa shape index (κ1) is 16.3. The molecule has 3 rings (SSSR count). The van der Waals surface area contributed by atoms with Crippen LogP contribution in [-0.4, -0.2) is 65.6 Å². The Bertz CT molecular complexity index is 666. The van der Waals surface area contributed by atoms with Crippen LogP contribution in [0.3, 0.4) is 0 Å². The molecule has 0 spiro atoms. The summed E-state index contributed by atoms with van der Waals surface area (Å²) < 4.78 is 10.2. The van der Waals surface area contributed by atoms with Gasteiger partial charge in [-0.15, -0.1) is 10.2 Å². The molecule has 1 aliphatic rings. The Labute approximate surface area is 139 Å². The molecule has 2 aromatic rings. The van der Waals surface area contributed by atoms with E-state index in [0.717, 1.165) is 32.8 Å². The summed E-state index contributed by atoms with van der Waals surface area (Å²) in [6.07, 6.45) is 0. The van der Waals surface area contributed by atoms with E-state index < -0.39 is 0 Å². The van der Waals surface area contributed by atoms with Crippen molar-refractivity contribution in [2.24, 2.45) is 0 Å². The third kappa shape index (κ3) is 4.49. The van der Waals surface area contributed by atoms with Gasteiger partial charge < -0.3 is 19.9 Å². The van der Waals surface area contributed by atoms with E-state index in [0.29, 0.717) is 23.9 Å². The minimum Gasteiger partial charge on any atom is -0.379 e. The zero-order valence-electron chi connectivity index (χ0n) is 13.5. The van der Waals surface area contributed by atoms with Crippen molar-refractivity contribution in [3.05, 3.63) is 29.7 Å². The van der Waals surface area contributed by atoms with Crippen LogP contribution >= 0.6 is 0 Å². The summed E-state index contributed by atoms with van der Waals surface area (Å²) in [5, 5.41) is 17.5. The molecule has 0 aliphatic carbocycles. The van der Waals surface area contributed by atoms with Crippen molar-refractivity contribution in [2.75, 3.05) is 44.7 Å². The molecule has 1 amide bonds. The third-order valence-corrected chi connectivity index (χ3v) is 3.60. The molecule has 0 aromatic carbocycles. The lowest BCUT2D eigenvalue weighted by Crippen LogP contribution is -2.41. The van der Waals surface area contributed by atoms with Gasteiger partial charge in [0, 0.05) is 32.2 Å². The monoisotopic (exact) mass is 332 g/mol. The zero-order valence-corrected chi connectivity index (χ0v) is 13.5. The molecule has 0 bridgehead atoms. The van der Waals surface area contributed by atoms with E-state index in [1.54, 1.807) is 25.1 Å². The van der Waals surface area contributed by atoms with Gasteiger partial charge in [-0.25, -0.2) is 0 Å². The molecule has 128 valence electrons. The second-order valence-electron chi connectivity index (χ2n) is 5.46. The van der Waals surface area contributed by atoms with Gasteiger partial charge >= 0.3 is 0 Å². The van der Waals surface area contributed by atoms with E-state index in [4.69, 9.17) is 9.26 Å². The van der Waals surface area contributed by atoms with E-state index in [9.17, 15) is 4.79 Å². The number of nitrogens with one attached hydrogen (secondary N) is 2. The van der Waals surface area contributed by atoms with Crippen molar-refractivity contribution < 1.29 is 14.1 Å². The maximum Gasteiger partial charge on any atom is 0.271 e. The first-order valence-corrected chi connectivity index (χ1v) is 7.83. The molecular formula is C15H20N6O3. The number of morpholine rings is 1. The minimum atomic E-state index is -0.236. The quantitative estimate of drug-likeness (QED) is 0.791. The Morgan fingerprint density at radius 3 is 2.75 bits per heavy atom. The summed E-state index contributed by atoms with van der Waals surface area (Å²) >= 11 is 0. The molecule has 0 unspecified atom stereocenters. The van der Waals surface area contributed by atoms with Crippen LogP contribution in [0.25, 0.3) is 0 Å². The highest BCUT2D eigenvalue weighted by atomic mass is 16.5. The van der Waals surface area contributed by atoms with Crippen molar-refractivity contribution >= 4 is 17.5 Å². The van der Waals surface area contributed by atoms with Gasteiger partial charge in [-0.3, -0.25) is 9.69 Å². The standard InChI is InChI=1S/C15H20N6O3/c1-11-10-14(20-24-11)17-13-3-2-12(18-19-13)15(22)16-4-5-21-6-8-23-9-7-21/h2-3,10H,4-9H2,1H3,(H,16,22)(H,17,19,20). The van der Waals surface area contributed by atoms with Crippen LogP contribution in [0.1, 0.15) is 16.2 Å². The summed E-state index contributed by atoms with van der Waals surface area (Å²) in [5.74, 6) is 1.50. The number of nitrogens with zero attached hydrogens (tertiary/aromatic N) is 4. The van der Waals surface area contributed by atoms with Crippen LogP contribution in [0.5, 0.6) is 0 Å². The second-order valence-corrected chi connectivity index (χ2v) is 5.46. The number of carbonyl (C=O) groups is 1. The zero-order chi connectivity index (χ0) is 16.8. The van der Waals surface area contributed by atoms with Gasteiger partial charge in [0.15, 0.2) is 17.3 Å². The minimum absolute atomic E-state index is 0.236. The molecule has 1 saturated heterocycles. The molecule has 1 aliphatic heterocycles. The second kappa shape index (κ2) is 7.84. The summed E-state index contributed by atoms with van der Waals surface area (Å²) in [6.45, 7) is 6.47. The Kier molecular flexibility index (Phi) is 5.34. The van der Waals surface area contributed by atoms with Crippen LogP contribution in [0.15, 0.2) is 22.7 Å². The molecule has 9 heteroatoms. The highest BCUT2D eigenvalue weighted by Crippen LogP contribution is 2.13. The number of ether oxygens (including phenoxy) is 1. The summed E-state index contributed by atoms with van der Waals surface area (Å²) in [5.41, 5.74) is 0.277. The number of amides is 1. The number of carbonyl (C=O) groups excluding carboxylic acids is 1. The van der Waals surface area contributed by atoms with Crippen LogP contribution in [0.2, 0.25) is 0 Å². The number of rotatable bonds is 6. The number of hydrogen-bond donors (Lipinski definition) is 2. The fraction of sp³-hybridized carbons (Fsp3) is 0.467. The number of hydrogen-bond acceptors (Lipinski definition) is 8. The predicted molar refractivity (Wildman–Crippen MR) is 86.1 cm³/mol. The summed E-state index contributed by atoms with van der Waals surface area (Å²) in [6, 6.07) is 5.04. The maximum atomic E-state index is 12.1.